The molecule has 96 valence electrons. The standard InChI is InChI=1S/C10H20O6/c1-2-3-4-15-10-9(14)8(13)7(12)6(5-11)16-10/h6-14H,2-5H2,1H3/t6?,7-,8+,9?,10+/m1/s1. The molecule has 0 aromatic carbocycles. The Labute approximate surface area is 94.4 Å². The normalized spacial score (nSPS) is 39.9. The average molecular weight is 236 g/mol. The van der Waals surface area contributed by atoms with Crippen molar-refractivity contribution in [3.8, 4) is 0 Å². The van der Waals surface area contributed by atoms with E-state index in [1.54, 1.807) is 0 Å². The van der Waals surface area contributed by atoms with Crippen LogP contribution < -0.4 is 0 Å². The van der Waals surface area contributed by atoms with Crippen molar-refractivity contribution in [2.75, 3.05) is 13.2 Å². The average Bonchev–Trinajstić information content (AvgIpc) is 2.29. The fraction of sp³-hybridized carbons (Fsp3) is 1.00. The Bertz CT molecular complexity index is 198. The molecule has 0 aromatic heterocycles. The molecule has 4 N–H and O–H groups in total. The van der Waals surface area contributed by atoms with E-state index in [9.17, 15) is 15.3 Å². The largest absolute Gasteiger partial charge is 0.394 e. The van der Waals surface area contributed by atoms with Gasteiger partial charge < -0.3 is 29.9 Å². The van der Waals surface area contributed by atoms with Crippen molar-refractivity contribution in [3.63, 3.8) is 0 Å². The third-order valence-corrected chi connectivity index (χ3v) is 2.63. The molecule has 1 saturated heterocycles. The predicted molar refractivity (Wildman–Crippen MR) is 54.6 cm³/mol. The number of rotatable bonds is 5. The zero-order valence-corrected chi connectivity index (χ0v) is 9.32. The Balaban J connectivity index is 2.50. The van der Waals surface area contributed by atoms with Crippen LogP contribution in [0.1, 0.15) is 19.8 Å². The molecule has 6 nitrogen and oxygen atoms in total. The van der Waals surface area contributed by atoms with Crippen LogP contribution in [0.15, 0.2) is 0 Å². The molecule has 0 bridgehead atoms. The second-order valence-electron chi connectivity index (χ2n) is 3.92. The first-order chi connectivity index (χ1) is 7.61. The van der Waals surface area contributed by atoms with Gasteiger partial charge in [-0.05, 0) is 6.42 Å². The summed E-state index contributed by atoms with van der Waals surface area (Å²) in [4.78, 5) is 0. The predicted octanol–water partition coefficient (Wildman–Crippen LogP) is -1.40. The zero-order valence-electron chi connectivity index (χ0n) is 9.32. The summed E-state index contributed by atoms with van der Waals surface area (Å²) in [6.07, 6.45) is -4.13. The molecule has 0 aliphatic carbocycles. The molecule has 6 heteroatoms. The Morgan fingerprint density at radius 1 is 1.12 bits per heavy atom. The van der Waals surface area contributed by atoms with Crippen LogP contribution in [-0.2, 0) is 9.47 Å². The topological polar surface area (TPSA) is 99.4 Å². The van der Waals surface area contributed by atoms with E-state index in [4.69, 9.17) is 14.6 Å². The highest BCUT2D eigenvalue weighted by Gasteiger charge is 2.43. The molecule has 1 aliphatic rings. The van der Waals surface area contributed by atoms with Gasteiger partial charge in [-0.1, -0.05) is 13.3 Å². The van der Waals surface area contributed by atoms with Crippen molar-refractivity contribution in [3.05, 3.63) is 0 Å². The fourth-order valence-electron chi connectivity index (χ4n) is 1.55. The van der Waals surface area contributed by atoms with Crippen LogP contribution in [-0.4, -0.2) is 64.3 Å². The second-order valence-corrected chi connectivity index (χ2v) is 3.92. The molecule has 5 atom stereocenters. The molecule has 1 rings (SSSR count). The van der Waals surface area contributed by atoms with Crippen molar-refractivity contribution in [2.24, 2.45) is 0 Å². The van der Waals surface area contributed by atoms with Crippen molar-refractivity contribution >= 4 is 0 Å². The summed E-state index contributed by atoms with van der Waals surface area (Å²) in [6, 6.07) is 0. The second kappa shape index (κ2) is 6.48. The quantitative estimate of drug-likeness (QED) is 0.438. The van der Waals surface area contributed by atoms with E-state index in [0.717, 1.165) is 12.8 Å². The number of aliphatic hydroxyl groups is 4. The van der Waals surface area contributed by atoms with Crippen molar-refractivity contribution in [1.29, 1.82) is 0 Å². The van der Waals surface area contributed by atoms with Gasteiger partial charge in [0.1, 0.15) is 24.4 Å². The third-order valence-electron chi connectivity index (χ3n) is 2.63. The summed E-state index contributed by atoms with van der Waals surface area (Å²) in [5.74, 6) is 0. The molecule has 0 saturated carbocycles. The van der Waals surface area contributed by atoms with Crippen molar-refractivity contribution < 1.29 is 29.9 Å². The molecule has 0 amide bonds. The number of ether oxygens (including phenoxy) is 2. The summed E-state index contributed by atoms with van der Waals surface area (Å²) in [7, 11) is 0. The smallest absolute Gasteiger partial charge is 0.186 e. The molecule has 0 spiro atoms. The van der Waals surface area contributed by atoms with Crippen LogP contribution in [0.3, 0.4) is 0 Å². The summed E-state index contributed by atoms with van der Waals surface area (Å²) >= 11 is 0. The van der Waals surface area contributed by atoms with E-state index in [2.05, 4.69) is 0 Å². The molecular formula is C10H20O6. The Morgan fingerprint density at radius 2 is 1.81 bits per heavy atom. The lowest BCUT2D eigenvalue weighted by molar-refractivity contribution is -0.301. The molecule has 0 radical (unpaired) electrons. The van der Waals surface area contributed by atoms with Crippen LogP contribution in [0.2, 0.25) is 0 Å². The number of hydrogen-bond donors (Lipinski definition) is 4. The van der Waals surface area contributed by atoms with Crippen LogP contribution in [0.4, 0.5) is 0 Å². The maximum Gasteiger partial charge on any atom is 0.186 e. The lowest BCUT2D eigenvalue weighted by Crippen LogP contribution is -2.59. The van der Waals surface area contributed by atoms with E-state index in [-0.39, 0.29) is 0 Å². The minimum Gasteiger partial charge on any atom is -0.394 e. The molecule has 1 aliphatic heterocycles. The van der Waals surface area contributed by atoms with Gasteiger partial charge >= 0.3 is 0 Å². The highest BCUT2D eigenvalue weighted by atomic mass is 16.7. The van der Waals surface area contributed by atoms with Gasteiger partial charge in [-0.3, -0.25) is 0 Å². The molecule has 1 fully saturated rings. The van der Waals surface area contributed by atoms with Gasteiger partial charge in [-0.25, -0.2) is 0 Å². The van der Waals surface area contributed by atoms with Gasteiger partial charge in [0.05, 0.1) is 6.61 Å². The van der Waals surface area contributed by atoms with Gasteiger partial charge in [0.25, 0.3) is 0 Å². The Hall–Kier alpha value is -0.240. The van der Waals surface area contributed by atoms with E-state index in [1.165, 1.54) is 0 Å². The van der Waals surface area contributed by atoms with Crippen LogP contribution in [0, 0.1) is 0 Å². The van der Waals surface area contributed by atoms with Crippen LogP contribution in [0.25, 0.3) is 0 Å². The van der Waals surface area contributed by atoms with Crippen molar-refractivity contribution in [1.82, 2.24) is 0 Å². The van der Waals surface area contributed by atoms with Gasteiger partial charge in [0.15, 0.2) is 6.29 Å². The van der Waals surface area contributed by atoms with Gasteiger partial charge in [-0.2, -0.15) is 0 Å². The van der Waals surface area contributed by atoms with Crippen molar-refractivity contribution in [2.45, 2.75) is 50.5 Å². The lowest BCUT2D eigenvalue weighted by atomic mass is 9.99. The molecule has 0 aromatic rings. The lowest BCUT2D eigenvalue weighted by Gasteiger charge is -2.39. The minimum atomic E-state index is -1.36. The van der Waals surface area contributed by atoms with Gasteiger partial charge in [0, 0.05) is 6.61 Å². The summed E-state index contributed by atoms with van der Waals surface area (Å²) < 4.78 is 10.4. The molecule has 16 heavy (non-hydrogen) atoms. The van der Waals surface area contributed by atoms with Gasteiger partial charge in [-0.15, -0.1) is 0 Å². The Morgan fingerprint density at radius 3 is 2.38 bits per heavy atom. The number of hydrogen-bond acceptors (Lipinski definition) is 6. The number of unbranched alkanes of at least 4 members (excludes halogenated alkanes) is 1. The van der Waals surface area contributed by atoms with Crippen LogP contribution >= 0.6 is 0 Å². The van der Waals surface area contributed by atoms with Gasteiger partial charge in [0.2, 0.25) is 0 Å². The molecule has 2 unspecified atom stereocenters. The molecule has 1 heterocycles. The van der Waals surface area contributed by atoms with Crippen LogP contribution in [0.5, 0.6) is 0 Å². The first kappa shape index (κ1) is 13.8. The summed E-state index contributed by atoms with van der Waals surface area (Å²) in [5.41, 5.74) is 0. The highest BCUT2D eigenvalue weighted by Crippen LogP contribution is 2.21. The summed E-state index contributed by atoms with van der Waals surface area (Å²) in [6.45, 7) is 1.97. The number of aliphatic hydroxyl groups excluding tert-OH is 4. The highest BCUT2D eigenvalue weighted by molar-refractivity contribution is 4.88. The SMILES string of the molecule is CCCCO[C@H]1OC(CO)[C@@H](O)[C@H](O)C1O. The van der Waals surface area contributed by atoms with E-state index < -0.39 is 37.3 Å². The first-order valence-electron chi connectivity index (χ1n) is 5.54. The fourth-order valence-corrected chi connectivity index (χ4v) is 1.55. The maximum atomic E-state index is 9.58. The summed E-state index contributed by atoms with van der Waals surface area (Å²) in [5, 5.41) is 37.5. The van der Waals surface area contributed by atoms with E-state index in [0.29, 0.717) is 6.61 Å². The van der Waals surface area contributed by atoms with E-state index in [1.807, 2.05) is 6.92 Å². The zero-order chi connectivity index (χ0) is 12.1. The monoisotopic (exact) mass is 236 g/mol. The maximum absolute atomic E-state index is 9.58. The Kier molecular flexibility index (Phi) is 5.60. The third kappa shape index (κ3) is 3.13. The first-order valence-corrected chi connectivity index (χ1v) is 5.54. The van der Waals surface area contributed by atoms with E-state index >= 15 is 0 Å². The molecular weight excluding hydrogens is 216 g/mol. The minimum absolute atomic E-state index is 0.402.